The maximum atomic E-state index is 4.46. The lowest BCUT2D eigenvalue weighted by Gasteiger charge is -2.33. The van der Waals surface area contributed by atoms with Crippen LogP contribution in [0.25, 0.3) is 11.1 Å². The molecule has 0 spiro atoms. The maximum Gasteiger partial charge on any atom is 0.0461 e. The summed E-state index contributed by atoms with van der Waals surface area (Å²) < 4.78 is 0. The number of fused-ring (bicyclic) bond motifs is 2. The highest BCUT2D eigenvalue weighted by Crippen LogP contribution is 2.56. The third-order valence-electron chi connectivity index (χ3n) is 13.0. The van der Waals surface area contributed by atoms with E-state index >= 15 is 0 Å². The zero-order valence-corrected chi connectivity index (χ0v) is 33.4. The number of benzene rings is 2. The highest BCUT2D eigenvalue weighted by Gasteiger charge is 2.43. The molecule has 0 amide bonds. The first-order valence-electron chi connectivity index (χ1n) is 20.8. The molecule has 0 aliphatic heterocycles. The van der Waals surface area contributed by atoms with Crippen molar-refractivity contribution in [2.24, 2.45) is 23.2 Å². The molecule has 2 aromatic rings. The average molecular weight is 712 g/mol. The summed E-state index contributed by atoms with van der Waals surface area (Å²) in [6, 6.07) is 19.8. The minimum atomic E-state index is 0.148. The summed E-state index contributed by atoms with van der Waals surface area (Å²) in [4.78, 5) is 2.45. The van der Waals surface area contributed by atoms with Crippen molar-refractivity contribution in [3.8, 4) is 11.1 Å². The number of hydrogen-bond donors (Lipinski definition) is 0. The van der Waals surface area contributed by atoms with Crippen molar-refractivity contribution in [1.82, 2.24) is 0 Å². The van der Waals surface area contributed by atoms with Gasteiger partial charge < -0.3 is 4.90 Å². The van der Waals surface area contributed by atoms with E-state index < -0.39 is 0 Å². The van der Waals surface area contributed by atoms with E-state index in [9.17, 15) is 0 Å². The molecule has 1 nitrogen and oxygen atoms in total. The molecular formula is C53H61N. The van der Waals surface area contributed by atoms with Gasteiger partial charge in [0.25, 0.3) is 0 Å². The fourth-order valence-electron chi connectivity index (χ4n) is 9.82. The predicted octanol–water partition coefficient (Wildman–Crippen LogP) is 15.1. The second-order valence-corrected chi connectivity index (χ2v) is 16.5. The molecule has 54 heavy (non-hydrogen) atoms. The minimum Gasteiger partial charge on any atom is -0.311 e. The minimum absolute atomic E-state index is 0.148. The van der Waals surface area contributed by atoms with Crippen LogP contribution in [0.4, 0.5) is 5.69 Å². The lowest BCUT2D eigenvalue weighted by molar-refractivity contribution is 0.502. The Bertz CT molecular complexity index is 2010. The van der Waals surface area contributed by atoms with Gasteiger partial charge in [-0.1, -0.05) is 135 Å². The highest BCUT2D eigenvalue weighted by molar-refractivity contribution is 5.71. The fourth-order valence-corrected chi connectivity index (χ4v) is 9.82. The first-order valence-corrected chi connectivity index (χ1v) is 20.8. The molecule has 0 fully saturated rings. The Morgan fingerprint density at radius 1 is 0.907 bits per heavy atom. The Hall–Kier alpha value is -4.62. The average Bonchev–Trinajstić information content (AvgIpc) is 3.46. The Labute approximate surface area is 327 Å². The van der Waals surface area contributed by atoms with E-state index in [1.165, 1.54) is 64.8 Å². The molecule has 5 aliphatic carbocycles. The van der Waals surface area contributed by atoms with Gasteiger partial charge in [0.2, 0.25) is 0 Å². The summed E-state index contributed by atoms with van der Waals surface area (Å²) in [6.45, 7) is 18.2. The van der Waals surface area contributed by atoms with Gasteiger partial charge in [0.1, 0.15) is 0 Å². The van der Waals surface area contributed by atoms with Crippen LogP contribution in [0.15, 0.2) is 185 Å². The van der Waals surface area contributed by atoms with Gasteiger partial charge in [-0.3, -0.25) is 0 Å². The quantitative estimate of drug-likeness (QED) is 0.148. The van der Waals surface area contributed by atoms with Crippen LogP contribution in [-0.4, -0.2) is 0 Å². The second-order valence-electron chi connectivity index (χ2n) is 16.5. The van der Waals surface area contributed by atoms with Crippen LogP contribution in [0.2, 0.25) is 0 Å². The lowest BCUT2D eigenvalue weighted by atomic mass is 9.73. The van der Waals surface area contributed by atoms with Gasteiger partial charge in [-0.2, -0.15) is 0 Å². The molecule has 0 saturated carbocycles. The van der Waals surface area contributed by atoms with Crippen molar-refractivity contribution < 1.29 is 0 Å². The molecule has 3 atom stereocenters. The summed E-state index contributed by atoms with van der Waals surface area (Å²) in [5, 5.41) is 0. The summed E-state index contributed by atoms with van der Waals surface area (Å²) in [6.07, 6.45) is 39.0. The number of anilines is 1. The summed E-state index contributed by atoms with van der Waals surface area (Å²) >= 11 is 0. The largest absolute Gasteiger partial charge is 0.311 e. The molecule has 0 bridgehead atoms. The first kappa shape index (κ1) is 37.7. The van der Waals surface area contributed by atoms with Crippen molar-refractivity contribution in [2.45, 2.75) is 98.3 Å². The van der Waals surface area contributed by atoms with Crippen LogP contribution in [0.1, 0.15) is 98.3 Å². The van der Waals surface area contributed by atoms with E-state index in [0.717, 1.165) is 56.3 Å². The van der Waals surface area contributed by atoms with E-state index in [0.29, 0.717) is 17.8 Å². The standard InChI is InChI=1S/C53H61N/c1-7-10-19-39(8-2)38(4)50(43-22-15-12-16-23-43)37-45(9-3)54(46-31-26-41(27-32-46)40-20-13-11-14-21-40)47-33-28-42(29-34-47)44-30-35-49-48-24-17-18-25-51(48)53(5,6)52(49)36-44/h7,9,11,13-14,17,20-22,24,26-28,30-34,36-37,39,42,49H,1,3,8,10,12,15-16,18-19,23,25,29,35H2,2,4-6H3/b45-37+,50-38-/t39-,42?,49?/m1/s1. The van der Waals surface area contributed by atoms with Gasteiger partial charge in [-0.25, -0.2) is 0 Å². The Morgan fingerprint density at radius 2 is 1.70 bits per heavy atom. The monoisotopic (exact) mass is 711 g/mol. The number of hydrogen-bond acceptors (Lipinski definition) is 1. The van der Waals surface area contributed by atoms with Crippen molar-refractivity contribution in [3.63, 3.8) is 0 Å². The van der Waals surface area contributed by atoms with E-state index in [2.05, 4.69) is 167 Å². The molecule has 2 aromatic carbocycles. The van der Waals surface area contributed by atoms with Crippen molar-refractivity contribution in [3.05, 3.63) is 185 Å². The SMILES string of the molecule is C=CCC[C@@H](CC)/C(C)=C(/C=C(\C=C)N(C1=CCC(C2=CCC3C(=C2)C(C)(C)C2=C3C=CCC2)C=C1)c1ccc(-c2ccccc2)cc1)C1=CCCCC1. The van der Waals surface area contributed by atoms with Gasteiger partial charge in [-0.15, -0.1) is 6.58 Å². The number of nitrogens with zero attached hydrogens (tertiary/aromatic N) is 1. The molecule has 0 radical (unpaired) electrons. The van der Waals surface area contributed by atoms with E-state index in [4.69, 9.17) is 0 Å². The van der Waals surface area contributed by atoms with Crippen LogP contribution in [0.3, 0.4) is 0 Å². The zero-order chi connectivity index (χ0) is 37.7. The van der Waals surface area contributed by atoms with E-state index in [-0.39, 0.29) is 5.41 Å². The molecule has 1 heteroatoms. The van der Waals surface area contributed by atoms with Crippen LogP contribution in [0, 0.1) is 23.2 Å². The zero-order valence-electron chi connectivity index (χ0n) is 33.4. The summed E-state index contributed by atoms with van der Waals surface area (Å²) in [5.41, 5.74) is 16.9. The molecule has 7 rings (SSSR count). The summed E-state index contributed by atoms with van der Waals surface area (Å²) in [5.74, 6) is 1.46. The Kier molecular flexibility index (Phi) is 11.7. The smallest absolute Gasteiger partial charge is 0.0461 e. The molecule has 0 N–H and O–H groups in total. The maximum absolute atomic E-state index is 4.46. The summed E-state index contributed by atoms with van der Waals surface area (Å²) in [7, 11) is 0. The fraction of sp³-hybridized carbons (Fsp3) is 0.358. The van der Waals surface area contributed by atoms with Gasteiger partial charge in [0, 0.05) is 34.3 Å². The Morgan fingerprint density at radius 3 is 2.39 bits per heavy atom. The molecule has 0 aromatic heterocycles. The molecule has 2 unspecified atom stereocenters. The normalized spacial score (nSPS) is 22.9. The van der Waals surface area contributed by atoms with Crippen LogP contribution in [-0.2, 0) is 0 Å². The molecular weight excluding hydrogens is 651 g/mol. The molecule has 0 saturated heterocycles. The Balaban J connectivity index is 1.25. The number of allylic oxidation sites excluding steroid dienone is 18. The van der Waals surface area contributed by atoms with Crippen LogP contribution < -0.4 is 4.90 Å². The molecule has 5 aliphatic rings. The number of rotatable bonds is 13. The van der Waals surface area contributed by atoms with Crippen molar-refractivity contribution >= 4 is 5.69 Å². The molecule has 278 valence electrons. The van der Waals surface area contributed by atoms with E-state index in [1.807, 2.05) is 0 Å². The van der Waals surface area contributed by atoms with Crippen molar-refractivity contribution in [1.29, 1.82) is 0 Å². The third-order valence-corrected chi connectivity index (χ3v) is 13.0. The predicted molar refractivity (Wildman–Crippen MR) is 234 cm³/mol. The van der Waals surface area contributed by atoms with Crippen molar-refractivity contribution in [2.75, 3.05) is 4.90 Å². The second kappa shape index (κ2) is 16.8. The van der Waals surface area contributed by atoms with E-state index in [1.54, 1.807) is 16.7 Å². The van der Waals surface area contributed by atoms with Crippen LogP contribution >= 0.6 is 0 Å². The molecule has 0 heterocycles. The van der Waals surface area contributed by atoms with Gasteiger partial charge >= 0.3 is 0 Å². The van der Waals surface area contributed by atoms with Crippen LogP contribution in [0.5, 0.6) is 0 Å². The first-order chi connectivity index (χ1) is 26.3. The topological polar surface area (TPSA) is 3.24 Å². The van der Waals surface area contributed by atoms with Gasteiger partial charge in [-0.05, 0) is 147 Å². The van der Waals surface area contributed by atoms with Gasteiger partial charge in [0.15, 0.2) is 0 Å². The highest BCUT2D eigenvalue weighted by atomic mass is 15.2. The third kappa shape index (κ3) is 7.66. The lowest BCUT2D eigenvalue weighted by Crippen LogP contribution is -2.23. The van der Waals surface area contributed by atoms with Gasteiger partial charge in [0.05, 0.1) is 0 Å².